The van der Waals surface area contributed by atoms with Gasteiger partial charge in [0.15, 0.2) is 0 Å². The van der Waals surface area contributed by atoms with Crippen LogP contribution in [0.3, 0.4) is 0 Å². The van der Waals surface area contributed by atoms with E-state index in [-0.39, 0.29) is 11.7 Å². The number of nitrogens with one attached hydrogen (secondary N) is 1. The molecule has 4 heteroatoms. The minimum absolute atomic E-state index is 0.141. The Bertz CT molecular complexity index is 346. The Balaban J connectivity index is 2.29. The van der Waals surface area contributed by atoms with Gasteiger partial charge in [-0.2, -0.15) is 0 Å². The summed E-state index contributed by atoms with van der Waals surface area (Å²) >= 11 is 0. The predicted molar refractivity (Wildman–Crippen MR) is 60.4 cm³/mol. The quantitative estimate of drug-likeness (QED) is 0.565. The molecule has 2 N–H and O–H groups in total. The minimum atomic E-state index is -0.161. The van der Waals surface area contributed by atoms with Crippen molar-refractivity contribution < 1.29 is 14.7 Å². The number of aldehydes is 1. The lowest BCUT2D eigenvalue weighted by molar-refractivity contribution is -0.107. The first-order valence-corrected chi connectivity index (χ1v) is 5.25. The highest BCUT2D eigenvalue weighted by Crippen LogP contribution is 2.09. The number of rotatable bonds is 6. The van der Waals surface area contributed by atoms with Crippen molar-refractivity contribution in [1.82, 2.24) is 5.32 Å². The number of phenolic OH excluding ortho intramolecular Hbond substituents is 1. The van der Waals surface area contributed by atoms with Gasteiger partial charge in [-0.25, -0.2) is 0 Å². The van der Waals surface area contributed by atoms with Crippen molar-refractivity contribution >= 4 is 12.2 Å². The standard InChI is InChI=1S/C12H15NO3/c14-9-3-1-2-8-13-12(16)10-4-6-11(15)7-5-10/h4-7,9,15H,1-3,8H2,(H,13,16). The monoisotopic (exact) mass is 221 g/mol. The fourth-order valence-electron chi connectivity index (χ4n) is 1.27. The number of amides is 1. The summed E-state index contributed by atoms with van der Waals surface area (Å²) in [6.07, 6.45) is 3.00. The van der Waals surface area contributed by atoms with Crippen molar-refractivity contribution in [3.8, 4) is 5.75 Å². The maximum atomic E-state index is 11.5. The lowest BCUT2D eigenvalue weighted by Gasteiger charge is -2.04. The molecule has 0 bridgehead atoms. The normalized spacial score (nSPS) is 9.75. The molecule has 0 aliphatic carbocycles. The highest BCUT2D eigenvalue weighted by molar-refractivity contribution is 5.94. The molecule has 1 aromatic carbocycles. The number of unbranched alkanes of at least 4 members (excludes halogenated alkanes) is 2. The Kier molecular flexibility index (Phi) is 5.05. The predicted octanol–water partition coefficient (Wildman–Crippen LogP) is 1.49. The minimum Gasteiger partial charge on any atom is -0.508 e. The second kappa shape index (κ2) is 6.61. The van der Waals surface area contributed by atoms with E-state index in [1.807, 2.05) is 0 Å². The summed E-state index contributed by atoms with van der Waals surface area (Å²) in [6.45, 7) is 0.563. The largest absolute Gasteiger partial charge is 0.508 e. The van der Waals surface area contributed by atoms with Crippen LogP contribution in [-0.2, 0) is 4.79 Å². The van der Waals surface area contributed by atoms with Crippen LogP contribution in [0, 0.1) is 0 Å². The van der Waals surface area contributed by atoms with E-state index in [1.54, 1.807) is 12.1 Å². The summed E-state index contributed by atoms with van der Waals surface area (Å²) < 4.78 is 0. The van der Waals surface area contributed by atoms with Crippen LogP contribution in [0.2, 0.25) is 0 Å². The lowest BCUT2D eigenvalue weighted by Crippen LogP contribution is -2.24. The van der Waals surface area contributed by atoms with E-state index >= 15 is 0 Å². The molecule has 0 atom stereocenters. The topological polar surface area (TPSA) is 66.4 Å². The third-order valence-electron chi connectivity index (χ3n) is 2.16. The molecule has 1 aromatic rings. The van der Waals surface area contributed by atoms with Gasteiger partial charge >= 0.3 is 0 Å². The van der Waals surface area contributed by atoms with Crippen molar-refractivity contribution in [3.63, 3.8) is 0 Å². The zero-order valence-electron chi connectivity index (χ0n) is 8.98. The van der Waals surface area contributed by atoms with Gasteiger partial charge in [-0.05, 0) is 37.1 Å². The van der Waals surface area contributed by atoms with Crippen LogP contribution in [0.1, 0.15) is 29.6 Å². The number of aromatic hydroxyl groups is 1. The molecule has 0 saturated heterocycles. The molecule has 0 aliphatic heterocycles. The lowest BCUT2D eigenvalue weighted by atomic mass is 10.2. The molecule has 0 spiro atoms. The van der Waals surface area contributed by atoms with Crippen molar-refractivity contribution in [3.05, 3.63) is 29.8 Å². The Morgan fingerprint density at radius 1 is 1.25 bits per heavy atom. The van der Waals surface area contributed by atoms with Gasteiger partial charge in [0.05, 0.1) is 0 Å². The van der Waals surface area contributed by atoms with Crippen LogP contribution in [0.5, 0.6) is 5.75 Å². The first kappa shape index (κ1) is 12.2. The third-order valence-corrected chi connectivity index (χ3v) is 2.16. The van der Waals surface area contributed by atoms with Crippen LogP contribution in [0.15, 0.2) is 24.3 Å². The number of phenols is 1. The van der Waals surface area contributed by atoms with Gasteiger partial charge in [0, 0.05) is 18.5 Å². The number of benzene rings is 1. The molecule has 16 heavy (non-hydrogen) atoms. The van der Waals surface area contributed by atoms with Crippen LogP contribution < -0.4 is 5.32 Å². The summed E-state index contributed by atoms with van der Waals surface area (Å²) in [5.41, 5.74) is 0.521. The van der Waals surface area contributed by atoms with Crippen LogP contribution in [-0.4, -0.2) is 23.8 Å². The van der Waals surface area contributed by atoms with E-state index in [4.69, 9.17) is 5.11 Å². The summed E-state index contributed by atoms with van der Waals surface area (Å²) in [7, 11) is 0. The maximum Gasteiger partial charge on any atom is 0.251 e. The molecule has 4 nitrogen and oxygen atoms in total. The van der Waals surface area contributed by atoms with E-state index in [9.17, 15) is 9.59 Å². The Labute approximate surface area is 94.3 Å². The van der Waals surface area contributed by atoms with Crippen molar-refractivity contribution in [2.45, 2.75) is 19.3 Å². The highest BCUT2D eigenvalue weighted by atomic mass is 16.3. The molecule has 0 radical (unpaired) electrons. The molecule has 0 aromatic heterocycles. The third kappa shape index (κ3) is 4.13. The number of carbonyl (C=O) groups excluding carboxylic acids is 2. The van der Waals surface area contributed by atoms with Gasteiger partial charge in [0.2, 0.25) is 0 Å². The summed E-state index contributed by atoms with van der Waals surface area (Å²) in [4.78, 5) is 21.6. The van der Waals surface area contributed by atoms with E-state index < -0.39 is 0 Å². The molecule has 0 heterocycles. The van der Waals surface area contributed by atoms with Crippen LogP contribution in [0.25, 0.3) is 0 Å². The fraction of sp³-hybridized carbons (Fsp3) is 0.333. The van der Waals surface area contributed by atoms with Gasteiger partial charge in [-0.3, -0.25) is 4.79 Å². The number of hydrogen-bond acceptors (Lipinski definition) is 3. The van der Waals surface area contributed by atoms with Gasteiger partial charge < -0.3 is 15.2 Å². The van der Waals surface area contributed by atoms with Crippen molar-refractivity contribution in [2.24, 2.45) is 0 Å². The molecule has 86 valence electrons. The molecule has 0 aliphatic rings. The second-order valence-corrected chi connectivity index (χ2v) is 3.47. The van der Waals surface area contributed by atoms with Crippen LogP contribution in [0.4, 0.5) is 0 Å². The fourth-order valence-corrected chi connectivity index (χ4v) is 1.27. The number of carbonyl (C=O) groups is 2. The molecular weight excluding hydrogens is 206 g/mol. The molecule has 1 amide bonds. The zero-order valence-corrected chi connectivity index (χ0v) is 8.98. The van der Waals surface area contributed by atoms with E-state index in [0.717, 1.165) is 19.1 Å². The van der Waals surface area contributed by atoms with Crippen molar-refractivity contribution in [1.29, 1.82) is 0 Å². The Morgan fingerprint density at radius 3 is 2.56 bits per heavy atom. The molecular formula is C12H15NO3. The van der Waals surface area contributed by atoms with Crippen molar-refractivity contribution in [2.75, 3.05) is 6.54 Å². The SMILES string of the molecule is O=CCCCCNC(=O)c1ccc(O)cc1. The second-order valence-electron chi connectivity index (χ2n) is 3.47. The highest BCUT2D eigenvalue weighted by Gasteiger charge is 2.03. The van der Waals surface area contributed by atoms with E-state index in [1.165, 1.54) is 12.1 Å². The summed E-state index contributed by atoms with van der Waals surface area (Å²) in [5.74, 6) is -0.0198. The van der Waals surface area contributed by atoms with Gasteiger partial charge in [0.25, 0.3) is 5.91 Å². The summed E-state index contributed by atoms with van der Waals surface area (Å²) in [5, 5.41) is 11.8. The summed E-state index contributed by atoms with van der Waals surface area (Å²) in [6, 6.07) is 6.08. The smallest absolute Gasteiger partial charge is 0.251 e. The average molecular weight is 221 g/mol. The number of hydrogen-bond donors (Lipinski definition) is 2. The van der Waals surface area contributed by atoms with E-state index in [0.29, 0.717) is 18.5 Å². The molecule has 0 saturated carbocycles. The zero-order chi connectivity index (χ0) is 11.8. The average Bonchev–Trinajstić information content (AvgIpc) is 2.29. The molecule has 0 unspecified atom stereocenters. The Hall–Kier alpha value is -1.84. The van der Waals surface area contributed by atoms with Gasteiger partial charge in [-0.15, -0.1) is 0 Å². The van der Waals surface area contributed by atoms with Gasteiger partial charge in [-0.1, -0.05) is 0 Å². The van der Waals surface area contributed by atoms with Crippen LogP contribution >= 0.6 is 0 Å². The Morgan fingerprint density at radius 2 is 1.94 bits per heavy atom. The first-order chi connectivity index (χ1) is 7.74. The van der Waals surface area contributed by atoms with Gasteiger partial charge in [0.1, 0.15) is 12.0 Å². The molecule has 0 fully saturated rings. The van der Waals surface area contributed by atoms with E-state index in [2.05, 4.69) is 5.32 Å². The first-order valence-electron chi connectivity index (χ1n) is 5.25. The maximum absolute atomic E-state index is 11.5. The molecule has 1 rings (SSSR count).